The third-order valence-corrected chi connectivity index (χ3v) is 4.68. The van der Waals surface area contributed by atoms with E-state index in [1.165, 1.54) is 5.56 Å². The molecule has 0 fully saturated rings. The van der Waals surface area contributed by atoms with Crippen LogP contribution in [-0.4, -0.2) is 23.3 Å². The number of nitrogens with one attached hydrogen (secondary N) is 1. The van der Waals surface area contributed by atoms with Crippen molar-refractivity contribution in [2.45, 2.75) is 26.5 Å². The van der Waals surface area contributed by atoms with E-state index in [0.717, 1.165) is 28.0 Å². The monoisotopic (exact) mass is 402 g/mol. The highest BCUT2D eigenvalue weighted by Crippen LogP contribution is 2.20. The summed E-state index contributed by atoms with van der Waals surface area (Å²) in [5.74, 6) is -0.795. The molecule has 0 saturated carbocycles. The predicted octanol–water partition coefficient (Wildman–Crippen LogP) is 4.86. The summed E-state index contributed by atoms with van der Waals surface area (Å²) in [5, 5.41) is 16.0. The molecular formula is C25H26N2O3. The first-order chi connectivity index (χ1) is 14.6. The Bertz CT molecular complexity index is 983. The summed E-state index contributed by atoms with van der Waals surface area (Å²) >= 11 is 0. The SMILES string of the molecule is CC(=NOCc1cccc(-c2ccccc2)c1)c1ccc(CNCCC(=O)O)cc1. The van der Waals surface area contributed by atoms with E-state index in [2.05, 4.69) is 34.7 Å². The molecule has 3 rings (SSSR count). The molecule has 0 aromatic heterocycles. The minimum Gasteiger partial charge on any atom is -0.481 e. The van der Waals surface area contributed by atoms with Crippen LogP contribution in [0.3, 0.4) is 0 Å². The third-order valence-electron chi connectivity index (χ3n) is 4.68. The topological polar surface area (TPSA) is 70.9 Å². The smallest absolute Gasteiger partial charge is 0.304 e. The van der Waals surface area contributed by atoms with Crippen LogP contribution in [0.2, 0.25) is 0 Å². The molecule has 0 saturated heterocycles. The van der Waals surface area contributed by atoms with Crippen LogP contribution in [0.1, 0.15) is 30.0 Å². The van der Waals surface area contributed by atoms with Crippen LogP contribution in [0.4, 0.5) is 0 Å². The molecule has 0 aliphatic heterocycles. The van der Waals surface area contributed by atoms with Crippen molar-refractivity contribution in [3.05, 3.63) is 95.6 Å². The first-order valence-electron chi connectivity index (χ1n) is 9.94. The molecule has 3 aromatic carbocycles. The van der Waals surface area contributed by atoms with Crippen molar-refractivity contribution in [1.82, 2.24) is 5.32 Å². The van der Waals surface area contributed by atoms with Gasteiger partial charge in [0.05, 0.1) is 12.1 Å². The predicted molar refractivity (Wildman–Crippen MR) is 119 cm³/mol. The van der Waals surface area contributed by atoms with Gasteiger partial charge in [0.2, 0.25) is 0 Å². The summed E-state index contributed by atoms with van der Waals surface area (Å²) < 4.78 is 0. The average molecular weight is 402 g/mol. The lowest BCUT2D eigenvalue weighted by molar-refractivity contribution is -0.136. The molecule has 5 nitrogen and oxygen atoms in total. The molecule has 0 radical (unpaired) electrons. The molecule has 0 heterocycles. The maximum absolute atomic E-state index is 10.5. The number of carboxylic acid groups (broad SMARTS) is 1. The number of rotatable bonds is 10. The summed E-state index contributed by atoms with van der Waals surface area (Å²) in [4.78, 5) is 16.1. The highest BCUT2D eigenvalue weighted by Gasteiger charge is 2.02. The van der Waals surface area contributed by atoms with Gasteiger partial charge in [0.15, 0.2) is 0 Å². The highest BCUT2D eigenvalue weighted by molar-refractivity contribution is 5.98. The lowest BCUT2D eigenvalue weighted by atomic mass is 10.0. The minimum atomic E-state index is -0.795. The normalized spacial score (nSPS) is 11.3. The lowest BCUT2D eigenvalue weighted by Gasteiger charge is -2.07. The largest absolute Gasteiger partial charge is 0.481 e. The van der Waals surface area contributed by atoms with Crippen molar-refractivity contribution in [3.63, 3.8) is 0 Å². The van der Waals surface area contributed by atoms with Crippen LogP contribution in [-0.2, 0) is 22.8 Å². The van der Waals surface area contributed by atoms with Crippen LogP contribution < -0.4 is 5.32 Å². The fraction of sp³-hybridized carbons (Fsp3) is 0.200. The van der Waals surface area contributed by atoms with Gasteiger partial charge in [0, 0.05) is 13.1 Å². The van der Waals surface area contributed by atoms with Crippen molar-refractivity contribution in [2.24, 2.45) is 5.16 Å². The molecule has 0 amide bonds. The minimum absolute atomic E-state index is 0.120. The highest BCUT2D eigenvalue weighted by atomic mass is 16.6. The van der Waals surface area contributed by atoms with Crippen LogP contribution in [0, 0.1) is 0 Å². The Morgan fingerprint density at radius 3 is 2.40 bits per heavy atom. The Balaban J connectivity index is 1.52. The van der Waals surface area contributed by atoms with E-state index in [4.69, 9.17) is 9.94 Å². The van der Waals surface area contributed by atoms with E-state index in [1.807, 2.05) is 61.5 Å². The van der Waals surface area contributed by atoms with Crippen LogP contribution in [0.15, 0.2) is 84.0 Å². The fourth-order valence-corrected chi connectivity index (χ4v) is 3.02. The second-order valence-corrected chi connectivity index (χ2v) is 7.03. The van der Waals surface area contributed by atoms with E-state index < -0.39 is 5.97 Å². The van der Waals surface area contributed by atoms with Gasteiger partial charge in [-0.3, -0.25) is 4.79 Å². The Morgan fingerprint density at radius 2 is 1.67 bits per heavy atom. The van der Waals surface area contributed by atoms with E-state index in [0.29, 0.717) is 19.7 Å². The van der Waals surface area contributed by atoms with Gasteiger partial charge < -0.3 is 15.3 Å². The zero-order valence-corrected chi connectivity index (χ0v) is 17.0. The number of hydrogen-bond donors (Lipinski definition) is 2. The summed E-state index contributed by atoms with van der Waals surface area (Å²) in [6.45, 7) is 3.42. The van der Waals surface area contributed by atoms with Gasteiger partial charge in [0.25, 0.3) is 0 Å². The molecule has 0 aliphatic rings. The number of nitrogens with zero attached hydrogens (tertiary/aromatic N) is 1. The van der Waals surface area contributed by atoms with Crippen molar-refractivity contribution in [2.75, 3.05) is 6.54 Å². The molecule has 30 heavy (non-hydrogen) atoms. The Morgan fingerprint density at radius 1 is 0.933 bits per heavy atom. The van der Waals surface area contributed by atoms with Gasteiger partial charge in [0.1, 0.15) is 6.61 Å². The second kappa shape index (κ2) is 10.9. The third kappa shape index (κ3) is 6.57. The molecule has 0 spiro atoms. The number of carbonyl (C=O) groups is 1. The molecule has 0 bridgehead atoms. The first kappa shape index (κ1) is 21.3. The second-order valence-electron chi connectivity index (χ2n) is 7.03. The van der Waals surface area contributed by atoms with Crippen molar-refractivity contribution in [3.8, 4) is 11.1 Å². The Labute approximate surface area is 177 Å². The quantitative estimate of drug-likeness (QED) is 0.289. The summed E-state index contributed by atoms with van der Waals surface area (Å²) in [7, 11) is 0. The number of aliphatic carboxylic acids is 1. The zero-order valence-electron chi connectivity index (χ0n) is 17.0. The summed E-state index contributed by atoms with van der Waals surface area (Å²) in [6, 6.07) is 26.5. The molecular weight excluding hydrogens is 376 g/mol. The van der Waals surface area contributed by atoms with E-state index in [1.54, 1.807) is 0 Å². The van der Waals surface area contributed by atoms with E-state index in [-0.39, 0.29) is 6.42 Å². The standard InChI is InChI=1S/C25H26N2O3/c1-19(22-12-10-20(11-13-22)17-26-15-14-25(28)29)27-30-18-21-6-5-9-24(16-21)23-7-3-2-4-8-23/h2-13,16,26H,14-15,17-18H2,1H3,(H,28,29). The molecule has 0 aliphatic carbocycles. The summed E-state index contributed by atoms with van der Waals surface area (Å²) in [5.41, 5.74) is 6.29. The van der Waals surface area contributed by atoms with E-state index in [9.17, 15) is 4.79 Å². The number of oxime groups is 1. The van der Waals surface area contributed by atoms with Crippen molar-refractivity contribution >= 4 is 11.7 Å². The van der Waals surface area contributed by atoms with Crippen molar-refractivity contribution in [1.29, 1.82) is 0 Å². The maximum atomic E-state index is 10.5. The fourth-order valence-electron chi connectivity index (χ4n) is 3.02. The van der Waals surface area contributed by atoms with Gasteiger partial charge in [-0.1, -0.05) is 78.0 Å². The zero-order chi connectivity index (χ0) is 21.2. The van der Waals surface area contributed by atoms with Gasteiger partial charge in [-0.2, -0.15) is 0 Å². The number of benzene rings is 3. The van der Waals surface area contributed by atoms with Crippen LogP contribution >= 0.6 is 0 Å². The maximum Gasteiger partial charge on any atom is 0.304 e. The van der Waals surface area contributed by atoms with Crippen LogP contribution in [0.5, 0.6) is 0 Å². The first-order valence-corrected chi connectivity index (χ1v) is 9.94. The van der Waals surface area contributed by atoms with Crippen LogP contribution in [0.25, 0.3) is 11.1 Å². The molecule has 5 heteroatoms. The molecule has 154 valence electrons. The Hall–Kier alpha value is -3.44. The molecule has 0 atom stereocenters. The molecule has 2 N–H and O–H groups in total. The van der Waals surface area contributed by atoms with Crippen molar-refractivity contribution < 1.29 is 14.7 Å². The molecule has 3 aromatic rings. The average Bonchev–Trinajstić information content (AvgIpc) is 2.78. The van der Waals surface area contributed by atoms with Gasteiger partial charge >= 0.3 is 5.97 Å². The van der Waals surface area contributed by atoms with Gasteiger partial charge in [-0.05, 0) is 40.8 Å². The summed E-state index contributed by atoms with van der Waals surface area (Å²) in [6.07, 6.45) is 0.120. The lowest BCUT2D eigenvalue weighted by Crippen LogP contribution is -2.17. The van der Waals surface area contributed by atoms with E-state index >= 15 is 0 Å². The molecule has 0 unspecified atom stereocenters. The number of hydrogen-bond acceptors (Lipinski definition) is 4. The van der Waals surface area contributed by atoms with Gasteiger partial charge in [-0.15, -0.1) is 0 Å². The van der Waals surface area contributed by atoms with Gasteiger partial charge in [-0.25, -0.2) is 0 Å². The Kier molecular flexibility index (Phi) is 7.75. The number of carboxylic acids is 1.